The zero-order chi connectivity index (χ0) is 10.8. The SMILES string of the molecule is CCC1CC1NCc1cc(C#N)n(C)c1. The van der Waals surface area contributed by atoms with Crippen LogP contribution in [0.25, 0.3) is 0 Å². The second kappa shape index (κ2) is 4.08. The molecule has 0 radical (unpaired) electrons. The second-order valence-corrected chi connectivity index (χ2v) is 4.35. The van der Waals surface area contributed by atoms with Crippen LogP contribution in [0.1, 0.15) is 31.0 Å². The molecule has 15 heavy (non-hydrogen) atoms. The third-order valence-corrected chi connectivity index (χ3v) is 3.19. The summed E-state index contributed by atoms with van der Waals surface area (Å²) in [5.41, 5.74) is 1.94. The molecule has 1 aliphatic carbocycles. The topological polar surface area (TPSA) is 40.8 Å². The Hall–Kier alpha value is -1.27. The molecule has 1 fully saturated rings. The van der Waals surface area contributed by atoms with Crippen molar-refractivity contribution in [3.63, 3.8) is 0 Å². The molecule has 0 bridgehead atoms. The average Bonchev–Trinajstić information content (AvgIpc) is 2.91. The lowest BCUT2D eigenvalue weighted by molar-refractivity contribution is 0.623. The van der Waals surface area contributed by atoms with E-state index in [-0.39, 0.29) is 0 Å². The van der Waals surface area contributed by atoms with Gasteiger partial charge in [-0.2, -0.15) is 5.26 Å². The molecule has 0 aromatic carbocycles. The highest BCUT2D eigenvalue weighted by atomic mass is 15.0. The van der Waals surface area contributed by atoms with Crippen LogP contribution in [0.4, 0.5) is 0 Å². The van der Waals surface area contributed by atoms with Gasteiger partial charge in [0.1, 0.15) is 11.8 Å². The van der Waals surface area contributed by atoms with Gasteiger partial charge in [0.2, 0.25) is 0 Å². The van der Waals surface area contributed by atoms with Crippen molar-refractivity contribution in [3.8, 4) is 6.07 Å². The van der Waals surface area contributed by atoms with Gasteiger partial charge in [0.25, 0.3) is 0 Å². The minimum atomic E-state index is 0.709. The molecular formula is C12H17N3. The molecular weight excluding hydrogens is 186 g/mol. The first-order chi connectivity index (χ1) is 7.24. The number of aromatic nitrogens is 1. The van der Waals surface area contributed by atoms with E-state index in [1.54, 1.807) is 0 Å². The van der Waals surface area contributed by atoms with E-state index in [9.17, 15) is 0 Å². The van der Waals surface area contributed by atoms with E-state index >= 15 is 0 Å². The van der Waals surface area contributed by atoms with Crippen molar-refractivity contribution in [3.05, 3.63) is 23.5 Å². The molecule has 2 rings (SSSR count). The summed E-state index contributed by atoms with van der Waals surface area (Å²) in [4.78, 5) is 0. The van der Waals surface area contributed by atoms with Crippen molar-refractivity contribution in [1.29, 1.82) is 5.26 Å². The zero-order valence-electron chi connectivity index (χ0n) is 9.33. The molecule has 1 aromatic rings. The van der Waals surface area contributed by atoms with Gasteiger partial charge in [0.15, 0.2) is 0 Å². The van der Waals surface area contributed by atoms with E-state index in [2.05, 4.69) is 18.3 Å². The summed E-state index contributed by atoms with van der Waals surface area (Å²) in [7, 11) is 1.91. The number of nitrogens with one attached hydrogen (secondary N) is 1. The largest absolute Gasteiger partial charge is 0.342 e. The van der Waals surface area contributed by atoms with E-state index in [0.717, 1.165) is 18.2 Å². The predicted molar refractivity (Wildman–Crippen MR) is 59.2 cm³/mol. The van der Waals surface area contributed by atoms with Gasteiger partial charge in [0.05, 0.1) is 0 Å². The van der Waals surface area contributed by atoms with E-state index in [1.165, 1.54) is 18.4 Å². The first-order valence-corrected chi connectivity index (χ1v) is 5.53. The van der Waals surface area contributed by atoms with Crippen molar-refractivity contribution in [1.82, 2.24) is 9.88 Å². The monoisotopic (exact) mass is 203 g/mol. The Morgan fingerprint density at radius 2 is 2.47 bits per heavy atom. The average molecular weight is 203 g/mol. The van der Waals surface area contributed by atoms with Crippen molar-refractivity contribution >= 4 is 0 Å². The van der Waals surface area contributed by atoms with Gasteiger partial charge in [-0.25, -0.2) is 0 Å². The first kappa shape index (κ1) is 10.3. The van der Waals surface area contributed by atoms with Crippen LogP contribution in [-0.4, -0.2) is 10.6 Å². The fourth-order valence-electron chi connectivity index (χ4n) is 2.04. The Kier molecular flexibility index (Phi) is 2.79. The Balaban J connectivity index is 1.87. The summed E-state index contributed by atoms with van der Waals surface area (Å²) >= 11 is 0. The molecule has 1 N–H and O–H groups in total. The Morgan fingerprint density at radius 3 is 3.00 bits per heavy atom. The van der Waals surface area contributed by atoms with Crippen LogP contribution in [-0.2, 0) is 13.6 Å². The second-order valence-electron chi connectivity index (χ2n) is 4.35. The third kappa shape index (κ3) is 2.21. The summed E-state index contributed by atoms with van der Waals surface area (Å²) in [6.07, 6.45) is 4.61. The molecule has 0 spiro atoms. The predicted octanol–water partition coefficient (Wildman–Crippen LogP) is 1.78. The molecule has 0 saturated heterocycles. The molecule has 1 aliphatic rings. The number of hydrogen-bond acceptors (Lipinski definition) is 2. The Morgan fingerprint density at radius 1 is 1.67 bits per heavy atom. The number of rotatable bonds is 4. The van der Waals surface area contributed by atoms with Gasteiger partial charge >= 0.3 is 0 Å². The normalized spacial score (nSPS) is 23.8. The van der Waals surface area contributed by atoms with Crippen LogP contribution in [0.5, 0.6) is 0 Å². The smallest absolute Gasteiger partial charge is 0.120 e. The van der Waals surface area contributed by atoms with Crippen LogP contribution < -0.4 is 5.32 Å². The van der Waals surface area contributed by atoms with Crippen molar-refractivity contribution in [2.75, 3.05) is 0 Å². The van der Waals surface area contributed by atoms with Crippen LogP contribution in [0, 0.1) is 17.2 Å². The third-order valence-electron chi connectivity index (χ3n) is 3.19. The van der Waals surface area contributed by atoms with Gasteiger partial charge in [-0.3, -0.25) is 0 Å². The van der Waals surface area contributed by atoms with E-state index in [0.29, 0.717) is 6.04 Å². The van der Waals surface area contributed by atoms with Crippen molar-refractivity contribution in [2.24, 2.45) is 13.0 Å². The fraction of sp³-hybridized carbons (Fsp3) is 0.583. The number of aryl methyl sites for hydroxylation is 1. The minimum Gasteiger partial charge on any atom is -0.342 e. The minimum absolute atomic E-state index is 0.709. The van der Waals surface area contributed by atoms with Crippen molar-refractivity contribution in [2.45, 2.75) is 32.4 Å². The number of nitriles is 1. The molecule has 0 amide bonds. The molecule has 3 nitrogen and oxygen atoms in total. The molecule has 0 aliphatic heterocycles. The van der Waals surface area contributed by atoms with Crippen LogP contribution in [0.15, 0.2) is 12.3 Å². The lowest BCUT2D eigenvalue weighted by Crippen LogP contribution is -2.17. The molecule has 1 heterocycles. The van der Waals surface area contributed by atoms with E-state index < -0.39 is 0 Å². The molecule has 3 heteroatoms. The highest BCUT2D eigenvalue weighted by Crippen LogP contribution is 2.33. The highest BCUT2D eigenvalue weighted by Gasteiger charge is 2.34. The maximum absolute atomic E-state index is 8.81. The van der Waals surface area contributed by atoms with Crippen LogP contribution in [0.3, 0.4) is 0 Å². The fourth-order valence-corrected chi connectivity index (χ4v) is 2.04. The number of hydrogen-bond donors (Lipinski definition) is 1. The summed E-state index contributed by atoms with van der Waals surface area (Å²) in [5.74, 6) is 0.879. The first-order valence-electron chi connectivity index (χ1n) is 5.53. The van der Waals surface area contributed by atoms with Gasteiger partial charge < -0.3 is 9.88 Å². The van der Waals surface area contributed by atoms with E-state index in [4.69, 9.17) is 5.26 Å². The van der Waals surface area contributed by atoms with Gasteiger partial charge in [-0.05, 0) is 24.0 Å². The van der Waals surface area contributed by atoms with Crippen molar-refractivity contribution < 1.29 is 0 Å². The molecule has 1 aromatic heterocycles. The van der Waals surface area contributed by atoms with E-state index in [1.807, 2.05) is 23.9 Å². The molecule has 2 atom stereocenters. The maximum atomic E-state index is 8.81. The maximum Gasteiger partial charge on any atom is 0.120 e. The molecule has 2 unspecified atom stereocenters. The highest BCUT2D eigenvalue weighted by molar-refractivity contribution is 5.28. The Bertz CT molecular complexity index is 386. The number of nitrogens with zero attached hydrogens (tertiary/aromatic N) is 2. The standard InChI is InChI=1S/C12H17N3/c1-3-10-5-12(10)14-7-9-4-11(6-13)15(2)8-9/h4,8,10,12,14H,3,5,7H2,1-2H3. The lowest BCUT2D eigenvalue weighted by Gasteiger charge is -2.00. The lowest BCUT2D eigenvalue weighted by atomic mass is 10.3. The summed E-state index contributed by atoms with van der Waals surface area (Å²) in [6, 6.07) is 4.84. The van der Waals surface area contributed by atoms with Gasteiger partial charge in [-0.1, -0.05) is 13.3 Å². The van der Waals surface area contributed by atoms with Gasteiger partial charge in [0, 0.05) is 25.8 Å². The Labute approximate surface area is 90.7 Å². The summed E-state index contributed by atoms with van der Waals surface area (Å²) in [5, 5.41) is 12.3. The zero-order valence-corrected chi connectivity index (χ0v) is 9.33. The summed E-state index contributed by atoms with van der Waals surface area (Å²) in [6.45, 7) is 3.12. The quantitative estimate of drug-likeness (QED) is 0.810. The summed E-state index contributed by atoms with van der Waals surface area (Å²) < 4.78 is 1.88. The molecule has 80 valence electrons. The van der Waals surface area contributed by atoms with Crippen LogP contribution in [0.2, 0.25) is 0 Å². The van der Waals surface area contributed by atoms with Crippen LogP contribution >= 0.6 is 0 Å². The van der Waals surface area contributed by atoms with Gasteiger partial charge in [-0.15, -0.1) is 0 Å². The molecule has 1 saturated carbocycles.